The molecule has 0 saturated carbocycles. The Morgan fingerprint density at radius 3 is 2.29 bits per heavy atom. The molecule has 0 radical (unpaired) electrons. The van der Waals surface area contributed by atoms with Crippen molar-refractivity contribution in [1.82, 2.24) is 10.2 Å². The summed E-state index contributed by atoms with van der Waals surface area (Å²) in [5.41, 5.74) is 0. The quantitative estimate of drug-likeness (QED) is 0.794. The lowest BCUT2D eigenvalue weighted by atomic mass is 9.83. The van der Waals surface area contributed by atoms with Gasteiger partial charge in [0, 0.05) is 24.7 Å². The third-order valence-electron chi connectivity index (χ3n) is 5.24. The van der Waals surface area contributed by atoms with Crippen LogP contribution in [0.3, 0.4) is 0 Å². The van der Waals surface area contributed by atoms with Crippen molar-refractivity contribution in [3.05, 3.63) is 0 Å². The summed E-state index contributed by atoms with van der Waals surface area (Å²) in [6.45, 7) is 13.2. The van der Waals surface area contributed by atoms with E-state index < -0.39 is 0 Å². The van der Waals surface area contributed by atoms with E-state index in [0.29, 0.717) is 12.1 Å². The molecule has 0 bridgehead atoms. The molecule has 102 valence electrons. The van der Waals surface area contributed by atoms with Crippen molar-refractivity contribution in [3.63, 3.8) is 0 Å². The number of likely N-dealkylation sites (tertiary alicyclic amines) is 1. The highest BCUT2D eigenvalue weighted by Crippen LogP contribution is 2.29. The standard InChI is InChI=1S/C15H32N2/c1-7-14(8-2)13(5)17-10-9-15(16-6)11(3)12(17)4/h11-16H,7-10H2,1-6H3. The lowest BCUT2D eigenvalue weighted by Crippen LogP contribution is -2.56. The maximum atomic E-state index is 3.47. The van der Waals surface area contributed by atoms with Crippen molar-refractivity contribution < 1.29 is 0 Å². The van der Waals surface area contributed by atoms with Gasteiger partial charge >= 0.3 is 0 Å². The minimum atomic E-state index is 0.704. The number of nitrogens with one attached hydrogen (secondary N) is 1. The van der Waals surface area contributed by atoms with Crippen LogP contribution >= 0.6 is 0 Å². The van der Waals surface area contributed by atoms with E-state index in [9.17, 15) is 0 Å². The lowest BCUT2D eigenvalue weighted by molar-refractivity contribution is 0.0301. The molecule has 1 aliphatic rings. The van der Waals surface area contributed by atoms with Gasteiger partial charge in [0.05, 0.1) is 0 Å². The molecule has 17 heavy (non-hydrogen) atoms. The monoisotopic (exact) mass is 240 g/mol. The second-order valence-electron chi connectivity index (χ2n) is 5.84. The van der Waals surface area contributed by atoms with Crippen LogP contribution in [0.1, 0.15) is 53.9 Å². The summed E-state index contributed by atoms with van der Waals surface area (Å²) < 4.78 is 0. The van der Waals surface area contributed by atoms with Crippen LogP contribution in [0.2, 0.25) is 0 Å². The molecule has 1 aliphatic heterocycles. The Balaban J connectivity index is 2.66. The van der Waals surface area contributed by atoms with E-state index >= 15 is 0 Å². The van der Waals surface area contributed by atoms with Crippen LogP contribution in [0.15, 0.2) is 0 Å². The first kappa shape index (κ1) is 15.0. The lowest BCUT2D eigenvalue weighted by Gasteiger charge is -2.47. The minimum absolute atomic E-state index is 0.704. The molecular formula is C15H32N2. The van der Waals surface area contributed by atoms with E-state index in [-0.39, 0.29) is 0 Å². The van der Waals surface area contributed by atoms with Crippen LogP contribution < -0.4 is 5.32 Å². The summed E-state index contributed by atoms with van der Waals surface area (Å²) in [4.78, 5) is 2.75. The number of hydrogen-bond donors (Lipinski definition) is 1. The van der Waals surface area contributed by atoms with Crippen LogP contribution in [-0.4, -0.2) is 36.6 Å². The normalized spacial score (nSPS) is 33.0. The predicted molar refractivity (Wildman–Crippen MR) is 76.3 cm³/mol. The molecule has 1 fully saturated rings. The van der Waals surface area contributed by atoms with Crippen molar-refractivity contribution in [2.75, 3.05) is 13.6 Å². The molecule has 2 heteroatoms. The van der Waals surface area contributed by atoms with Crippen LogP contribution in [0, 0.1) is 11.8 Å². The molecule has 0 amide bonds. The molecule has 1 rings (SSSR count). The SMILES string of the molecule is CCC(CC)C(C)N1CCC(NC)C(C)C1C. The van der Waals surface area contributed by atoms with Crippen LogP contribution in [-0.2, 0) is 0 Å². The molecule has 0 spiro atoms. The zero-order valence-corrected chi connectivity index (χ0v) is 12.7. The highest BCUT2D eigenvalue weighted by atomic mass is 15.2. The number of hydrogen-bond acceptors (Lipinski definition) is 2. The van der Waals surface area contributed by atoms with Crippen molar-refractivity contribution in [2.24, 2.45) is 11.8 Å². The van der Waals surface area contributed by atoms with Gasteiger partial charge in [0.25, 0.3) is 0 Å². The van der Waals surface area contributed by atoms with E-state index in [0.717, 1.165) is 17.9 Å². The third kappa shape index (κ3) is 3.23. The van der Waals surface area contributed by atoms with Gasteiger partial charge in [0.2, 0.25) is 0 Å². The zero-order valence-electron chi connectivity index (χ0n) is 12.7. The molecule has 1 N–H and O–H groups in total. The molecule has 2 nitrogen and oxygen atoms in total. The molecule has 0 aliphatic carbocycles. The molecule has 0 aromatic heterocycles. The van der Waals surface area contributed by atoms with Gasteiger partial charge in [-0.1, -0.05) is 33.6 Å². The largest absolute Gasteiger partial charge is 0.317 e. The van der Waals surface area contributed by atoms with Crippen LogP contribution in [0.4, 0.5) is 0 Å². The second-order valence-corrected chi connectivity index (χ2v) is 5.84. The molecule has 0 aromatic rings. The van der Waals surface area contributed by atoms with E-state index in [4.69, 9.17) is 0 Å². The van der Waals surface area contributed by atoms with Crippen molar-refractivity contribution in [1.29, 1.82) is 0 Å². The Bertz CT molecular complexity index is 213. The topological polar surface area (TPSA) is 15.3 Å². The molecular weight excluding hydrogens is 208 g/mol. The molecule has 1 saturated heterocycles. The number of piperidine rings is 1. The van der Waals surface area contributed by atoms with E-state index in [1.54, 1.807) is 0 Å². The van der Waals surface area contributed by atoms with Crippen LogP contribution in [0.5, 0.6) is 0 Å². The van der Waals surface area contributed by atoms with E-state index in [1.807, 2.05) is 0 Å². The Labute approximate surface area is 108 Å². The summed E-state index contributed by atoms with van der Waals surface area (Å²) >= 11 is 0. The second kappa shape index (κ2) is 6.75. The van der Waals surface area contributed by atoms with Gasteiger partial charge in [0.1, 0.15) is 0 Å². The fraction of sp³-hybridized carbons (Fsp3) is 1.00. The maximum absolute atomic E-state index is 3.47. The average molecular weight is 240 g/mol. The first-order valence-corrected chi connectivity index (χ1v) is 7.49. The van der Waals surface area contributed by atoms with E-state index in [2.05, 4.69) is 51.9 Å². The van der Waals surface area contributed by atoms with Crippen LogP contribution in [0.25, 0.3) is 0 Å². The molecule has 4 unspecified atom stereocenters. The fourth-order valence-corrected chi connectivity index (χ4v) is 3.62. The van der Waals surface area contributed by atoms with Gasteiger partial charge < -0.3 is 5.32 Å². The molecule has 4 atom stereocenters. The van der Waals surface area contributed by atoms with Gasteiger partial charge in [-0.25, -0.2) is 0 Å². The summed E-state index contributed by atoms with van der Waals surface area (Å²) in [7, 11) is 2.11. The third-order valence-corrected chi connectivity index (χ3v) is 5.24. The first-order valence-electron chi connectivity index (χ1n) is 7.49. The predicted octanol–water partition coefficient (Wildman–Crippen LogP) is 3.13. The smallest absolute Gasteiger partial charge is 0.0117 e. The highest BCUT2D eigenvalue weighted by Gasteiger charge is 2.35. The minimum Gasteiger partial charge on any atom is -0.317 e. The van der Waals surface area contributed by atoms with Gasteiger partial charge in [-0.15, -0.1) is 0 Å². The Hall–Kier alpha value is -0.0800. The summed E-state index contributed by atoms with van der Waals surface area (Å²) in [6, 6.07) is 2.15. The maximum Gasteiger partial charge on any atom is 0.0117 e. The van der Waals surface area contributed by atoms with E-state index in [1.165, 1.54) is 25.8 Å². The summed E-state index contributed by atoms with van der Waals surface area (Å²) in [5, 5.41) is 3.47. The fourth-order valence-electron chi connectivity index (χ4n) is 3.62. The zero-order chi connectivity index (χ0) is 13.0. The number of rotatable bonds is 5. The van der Waals surface area contributed by atoms with Crippen molar-refractivity contribution >= 4 is 0 Å². The highest BCUT2D eigenvalue weighted by molar-refractivity contribution is 4.91. The van der Waals surface area contributed by atoms with Gasteiger partial charge in [-0.05, 0) is 39.2 Å². The van der Waals surface area contributed by atoms with Crippen molar-refractivity contribution in [3.8, 4) is 0 Å². The van der Waals surface area contributed by atoms with Gasteiger partial charge in [-0.2, -0.15) is 0 Å². The Kier molecular flexibility index (Phi) is 5.94. The van der Waals surface area contributed by atoms with Crippen molar-refractivity contribution in [2.45, 2.75) is 72.0 Å². The van der Waals surface area contributed by atoms with Gasteiger partial charge in [-0.3, -0.25) is 4.90 Å². The Morgan fingerprint density at radius 2 is 1.82 bits per heavy atom. The molecule has 0 aromatic carbocycles. The average Bonchev–Trinajstić information content (AvgIpc) is 2.34. The number of nitrogens with zero attached hydrogens (tertiary/aromatic N) is 1. The Morgan fingerprint density at radius 1 is 1.24 bits per heavy atom. The summed E-state index contributed by atoms with van der Waals surface area (Å²) in [5.74, 6) is 1.61. The first-order chi connectivity index (χ1) is 8.06. The molecule has 1 heterocycles. The van der Waals surface area contributed by atoms with Gasteiger partial charge in [0.15, 0.2) is 0 Å². The summed E-state index contributed by atoms with van der Waals surface area (Å²) in [6.07, 6.45) is 3.92.